The van der Waals surface area contributed by atoms with Gasteiger partial charge in [0.2, 0.25) is 0 Å². The topological polar surface area (TPSA) is 117 Å². The van der Waals surface area contributed by atoms with Crippen LogP contribution in [0.3, 0.4) is 0 Å². The molecule has 0 bridgehead atoms. The van der Waals surface area contributed by atoms with Crippen molar-refractivity contribution in [3.05, 3.63) is 87.7 Å². The number of non-ortho nitro benzene ring substituents is 1. The monoisotopic (exact) mass is 698 g/mol. The summed E-state index contributed by atoms with van der Waals surface area (Å²) in [5, 5.41) is 10.8. The number of ether oxygens (including phenoxy) is 1. The average molecular weight is 697 g/mol. The van der Waals surface area contributed by atoms with E-state index in [1.165, 1.54) is 97.5 Å². The molecular weight excluding hydrogens is 659 g/mol. The van der Waals surface area contributed by atoms with Crippen molar-refractivity contribution in [2.24, 2.45) is 0 Å². The Balaban J connectivity index is 1.55. The number of hydrogen-bond donors (Lipinski definition) is 0. The van der Waals surface area contributed by atoms with Crippen molar-refractivity contribution in [3.63, 3.8) is 0 Å². The third-order valence-corrected chi connectivity index (χ3v) is 27.0. The van der Waals surface area contributed by atoms with Gasteiger partial charge in [-0.1, -0.05) is 0 Å². The van der Waals surface area contributed by atoms with Gasteiger partial charge in [-0.15, -0.1) is 0 Å². The quantitative estimate of drug-likeness (QED) is 0.0396. The van der Waals surface area contributed by atoms with Gasteiger partial charge < -0.3 is 0 Å². The van der Waals surface area contributed by atoms with Gasteiger partial charge in [-0.05, 0) is 12.1 Å². The minimum absolute atomic E-state index is 0.0381. The van der Waals surface area contributed by atoms with Gasteiger partial charge in [-0.2, -0.15) is 0 Å². The predicted molar refractivity (Wildman–Crippen MR) is 167 cm³/mol. The molecule has 3 heterocycles. The number of ketones is 1. The first-order valence-corrected chi connectivity index (χ1v) is 23.0. The number of carbonyl (C=O) groups is 2. The van der Waals surface area contributed by atoms with Crippen molar-refractivity contribution in [2.75, 3.05) is 0 Å². The molecule has 0 aliphatic heterocycles. The normalized spacial score (nSPS) is 11.6. The molecule has 11 heteroatoms. The summed E-state index contributed by atoms with van der Waals surface area (Å²) in [6.07, 6.45) is 14.2. The first kappa shape index (κ1) is 31.8. The number of nitro benzene ring substituents is 1. The molecule has 0 spiro atoms. The molecule has 1 aromatic carbocycles. The van der Waals surface area contributed by atoms with E-state index in [1.807, 2.05) is 4.40 Å². The Morgan fingerprint density at radius 2 is 1.60 bits per heavy atom. The molecule has 0 radical (unpaired) electrons. The van der Waals surface area contributed by atoms with E-state index in [9.17, 15) is 19.7 Å². The number of imidazole rings is 1. The maximum absolute atomic E-state index is 13.6. The molecule has 0 saturated carbocycles. The number of esters is 1. The summed E-state index contributed by atoms with van der Waals surface area (Å²) in [6.45, 7) is 6.75. The molecule has 0 aliphatic carbocycles. The Labute approximate surface area is 254 Å². The Kier molecular flexibility index (Phi) is 11.3. The van der Waals surface area contributed by atoms with E-state index in [0.29, 0.717) is 11.3 Å². The number of hydrogen-bond acceptors (Lipinski definition) is 8. The second kappa shape index (κ2) is 14.9. The van der Waals surface area contributed by atoms with E-state index in [1.54, 1.807) is 17.7 Å². The molecular formula is C31H38N4O5SSn. The van der Waals surface area contributed by atoms with Crippen molar-refractivity contribution < 1.29 is 19.2 Å². The van der Waals surface area contributed by atoms with Gasteiger partial charge in [0.05, 0.1) is 4.92 Å². The summed E-state index contributed by atoms with van der Waals surface area (Å²) >= 11 is -0.926. The summed E-state index contributed by atoms with van der Waals surface area (Å²) in [5.74, 6) is -0.912. The van der Waals surface area contributed by atoms with Crippen LogP contribution in [0.1, 0.15) is 91.3 Å². The van der Waals surface area contributed by atoms with Crippen LogP contribution in [0.15, 0.2) is 55.2 Å². The van der Waals surface area contributed by atoms with E-state index in [0.717, 1.165) is 4.83 Å². The number of unbranched alkanes of at least 4 members (excludes halogenated alkanes) is 3. The third-order valence-electron chi connectivity index (χ3n) is 7.73. The molecule has 42 heavy (non-hydrogen) atoms. The van der Waals surface area contributed by atoms with E-state index >= 15 is 0 Å². The Morgan fingerprint density at radius 1 is 0.976 bits per heavy atom. The molecule has 0 fully saturated rings. The van der Waals surface area contributed by atoms with Crippen molar-refractivity contribution in [2.45, 2.75) is 79.2 Å². The molecule has 222 valence electrons. The second-order valence-corrected chi connectivity index (χ2v) is 26.0. The number of fused-ring (bicyclic) bond motifs is 1. The maximum atomic E-state index is 13.6. The van der Waals surface area contributed by atoms with Gasteiger partial charge in [0.15, 0.2) is 0 Å². The summed E-state index contributed by atoms with van der Waals surface area (Å²) in [5.41, 5.74) is 1.38. The SMILES string of the molecule is CCC[CH2][Sn]([CH2]CCC)([CH2]CCC)[c]1cn2cnc(C(=O)c3cncc(C(=O)OCc4ccc([N+](=O)[O-])cc4)c3)c2s1. The van der Waals surface area contributed by atoms with Gasteiger partial charge in [-0.25, -0.2) is 0 Å². The zero-order valence-electron chi connectivity index (χ0n) is 24.5. The van der Waals surface area contributed by atoms with E-state index < -0.39 is 29.3 Å². The fourth-order valence-corrected chi connectivity index (χ4v) is 25.3. The molecule has 0 amide bonds. The molecule has 0 unspecified atom stereocenters. The fraction of sp³-hybridized carbons (Fsp3) is 0.419. The summed E-state index contributed by atoms with van der Waals surface area (Å²) in [7, 11) is 0. The Morgan fingerprint density at radius 3 is 2.19 bits per heavy atom. The predicted octanol–water partition coefficient (Wildman–Crippen LogP) is 7.34. The van der Waals surface area contributed by atoms with Crippen LogP contribution in [-0.4, -0.2) is 49.4 Å². The van der Waals surface area contributed by atoms with Gasteiger partial charge >= 0.3 is 210 Å². The van der Waals surface area contributed by atoms with E-state index in [4.69, 9.17) is 4.74 Å². The van der Waals surface area contributed by atoms with Gasteiger partial charge in [0.25, 0.3) is 5.69 Å². The van der Waals surface area contributed by atoms with Crippen LogP contribution in [0.5, 0.6) is 0 Å². The zero-order chi connectivity index (χ0) is 30.1. The Bertz CT molecular complexity index is 1510. The number of aromatic nitrogens is 3. The van der Waals surface area contributed by atoms with Crippen LogP contribution < -0.4 is 2.89 Å². The summed E-state index contributed by atoms with van der Waals surface area (Å²) < 4.78 is 13.0. The number of nitrogens with zero attached hydrogens (tertiary/aromatic N) is 4. The number of pyridine rings is 1. The van der Waals surface area contributed by atoms with Crippen molar-refractivity contribution in [3.8, 4) is 0 Å². The van der Waals surface area contributed by atoms with Gasteiger partial charge in [0.1, 0.15) is 0 Å². The van der Waals surface area contributed by atoms with Crippen LogP contribution in [0.4, 0.5) is 5.69 Å². The van der Waals surface area contributed by atoms with E-state index in [-0.39, 0.29) is 29.2 Å². The molecule has 0 atom stereocenters. The van der Waals surface area contributed by atoms with Crippen LogP contribution in [0, 0.1) is 10.1 Å². The number of rotatable bonds is 16. The summed E-state index contributed by atoms with van der Waals surface area (Å²) in [4.78, 5) is 46.2. The second-order valence-electron chi connectivity index (χ2n) is 10.8. The van der Waals surface area contributed by atoms with Gasteiger partial charge in [-0.3, -0.25) is 10.1 Å². The molecule has 0 saturated heterocycles. The van der Waals surface area contributed by atoms with Crippen LogP contribution in [0.2, 0.25) is 13.3 Å². The minimum atomic E-state index is -2.68. The summed E-state index contributed by atoms with van der Waals surface area (Å²) in [6, 6.07) is 7.28. The van der Waals surface area contributed by atoms with Crippen molar-refractivity contribution in [1.82, 2.24) is 14.4 Å². The molecule has 0 N–H and O–H groups in total. The van der Waals surface area contributed by atoms with E-state index in [2.05, 4.69) is 36.9 Å². The number of benzene rings is 1. The first-order valence-electron chi connectivity index (χ1n) is 14.7. The first-order chi connectivity index (χ1) is 20.3. The molecule has 0 aliphatic rings. The average Bonchev–Trinajstić information content (AvgIpc) is 3.61. The third kappa shape index (κ3) is 7.44. The van der Waals surface area contributed by atoms with Crippen LogP contribution in [-0.2, 0) is 11.3 Å². The fourth-order valence-electron chi connectivity index (χ4n) is 5.25. The molecule has 4 aromatic rings. The van der Waals surface area contributed by atoms with Crippen LogP contribution >= 0.6 is 11.3 Å². The van der Waals surface area contributed by atoms with Crippen LogP contribution in [0.25, 0.3) is 4.83 Å². The number of thiazole rings is 1. The standard InChI is InChI=1S/C19H11N4O5S.3C4H9.Sn/c24-17(16-18-22(11-21-16)5-6-29-18)13-7-14(9-20-8-13)19(25)28-10-12-1-3-15(4-2-12)23(26)27;3*1-3-4-2;/h1-5,7-9,11H,10H2;3*1,3-4H2,2H3;. The molecule has 4 rings (SSSR count). The number of nitro groups is 1. The van der Waals surface area contributed by atoms with Crippen molar-refractivity contribution >= 4 is 54.9 Å². The molecule has 9 nitrogen and oxygen atoms in total. The van der Waals surface area contributed by atoms with Crippen molar-refractivity contribution in [1.29, 1.82) is 0 Å². The molecule has 3 aromatic heterocycles. The van der Waals surface area contributed by atoms with Gasteiger partial charge in [0, 0.05) is 12.1 Å². The number of carbonyl (C=O) groups excluding carboxylic acids is 2. The zero-order valence-corrected chi connectivity index (χ0v) is 28.2. The Hall–Kier alpha value is -3.12.